The maximum absolute atomic E-state index is 12.9. The van der Waals surface area contributed by atoms with Gasteiger partial charge < -0.3 is 19.2 Å². The minimum atomic E-state index is -0.0408. The third kappa shape index (κ3) is 5.54. The Kier molecular flexibility index (Phi) is 7.40. The molecule has 2 heterocycles. The number of anilines is 1. The van der Waals surface area contributed by atoms with Gasteiger partial charge in [0.15, 0.2) is 0 Å². The second-order valence-corrected chi connectivity index (χ2v) is 9.16. The van der Waals surface area contributed by atoms with E-state index in [0.717, 1.165) is 56.5 Å². The van der Waals surface area contributed by atoms with Crippen molar-refractivity contribution in [1.82, 2.24) is 9.38 Å². The van der Waals surface area contributed by atoms with Crippen molar-refractivity contribution in [3.05, 3.63) is 102 Å². The number of amides is 1. The molecular weight excluding hydrogens is 474 g/mol. The van der Waals surface area contributed by atoms with Crippen LogP contribution in [0.5, 0.6) is 11.5 Å². The lowest BCUT2D eigenvalue weighted by atomic mass is 10.1. The SMILES string of the molecule is CCOc1cccc(-c2ccc3nc(-c4cccc(OC)c4)c(CCC(=O)Nc4ccc(C)cc4)n3c2)c1. The summed E-state index contributed by atoms with van der Waals surface area (Å²) in [4.78, 5) is 17.9. The van der Waals surface area contributed by atoms with E-state index >= 15 is 0 Å². The minimum Gasteiger partial charge on any atom is -0.497 e. The van der Waals surface area contributed by atoms with Crippen LogP contribution in [-0.4, -0.2) is 29.0 Å². The van der Waals surface area contributed by atoms with E-state index in [1.165, 1.54) is 0 Å². The lowest BCUT2D eigenvalue weighted by molar-refractivity contribution is -0.116. The molecule has 5 rings (SSSR count). The predicted octanol–water partition coefficient (Wildman–Crippen LogP) is 6.96. The van der Waals surface area contributed by atoms with Gasteiger partial charge in [0, 0.05) is 23.9 Å². The lowest BCUT2D eigenvalue weighted by Crippen LogP contribution is -2.13. The molecule has 38 heavy (non-hydrogen) atoms. The van der Waals surface area contributed by atoms with Crippen LogP contribution in [-0.2, 0) is 11.2 Å². The number of carbonyl (C=O) groups excluding carboxylic acids is 1. The highest BCUT2D eigenvalue weighted by Gasteiger charge is 2.17. The van der Waals surface area contributed by atoms with E-state index in [9.17, 15) is 4.79 Å². The molecule has 1 N–H and O–H groups in total. The minimum absolute atomic E-state index is 0.0408. The average molecular weight is 506 g/mol. The van der Waals surface area contributed by atoms with Crippen LogP contribution in [0.4, 0.5) is 5.69 Å². The molecule has 0 aliphatic rings. The molecule has 0 atom stereocenters. The van der Waals surface area contributed by atoms with Gasteiger partial charge in [0.2, 0.25) is 5.91 Å². The van der Waals surface area contributed by atoms with Crippen LogP contribution in [0, 0.1) is 6.92 Å². The van der Waals surface area contributed by atoms with Gasteiger partial charge in [0.05, 0.1) is 25.1 Å². The standard InChI is InChI=1S/C32H31N3O3/c1-4-38-28-10-5-7-23(19-28)25-13-17-30-34-32(24-8-6-9-27(20-24)37-3)29(35(30)21-25)16-18-31(36)33-26-14-11-22(2)12-15-26/h5-15,17,19-21H,4,16,18H2,1-3H3,(H,33,36). The molecule has 0 aliphatic carbocycles. The molecular formula is C32H31N3O3. The highest BCUT2D eigenvalue weighted by atomic mass is 16.5. The van der Waals surface area contributed by atoms with Crippen molar-refractivity contribution in [2.24, 2.45) is 0 Å². The molecule has 192 valence electrons. The number of hydrogen-bond acceptors (Lipinski definition) is 4. The molecule has 5 aromatic rings. The van der Waals surface area contributed by atoms with E-state index < -0.39 is 0 Å². The quantitative estimate of drug-likeness (QED) is 0.235. The Morgan fingerprint density at radius 2 is 1.63 bits per heavy atom. The second-order valence-electron chi connectivity index (χ2n) is 9.16. The van der Waals surface area contributed by atoms with Gasteiger partial charge in [-0.25, -0.2) is 4.98 Å². The fourth-order valence-electron chi connectivity index (χ4n) is 4.53. The van der Waals surface area contributed by atoms with Crippen molar-refractivity contribution in [3.8, 4) is 33.9 Å². The van der Waals surface area contributed by atoms with Gasteiger partial charge in [0.25, 0.3) is 0 Å². The number of fused-ring (bicyclic) bond motifs is 1. The Balaban J connectivity index is 1.51. The summed E-state index contributed by atoms with van der Waals surface area (Å²) in [6.07, 6.45) is 2.93. The first-order valence-electron chi connectivity index (χ1n) is 12.8. The molecule has 0 bridgehead atoms. The largest absolute Gasteiger partial charge is 0.497 e. The van der Waals surface area contributed by atoms with E-state index in [2.05, 4.69) is 28.0 Å². The number of rotatable bonds is 9. The number of benzene rings is 3. The maximum Gasteiger partial charge on any atom is 0.224 e. The summed E-state index contributed by atoms with van der Waals surface area (Å²) in [7, 11) is 1.65. The predicted molar refractivity (Wildman–Crippen MR) is 152 cm³/mol. The summed E-state index contributed by atoms with van der Waals surface area (Å²) in [5.74, 6) is 1.55. The highest BCUT2D eigenvalue weighted by Crippen LogP contribution is 2.31. The zero-order valence-corrected chi connectivity index (χ0v) is 21.9. The van der Waals surface area contributed by atoms with Gasteiger partial charge in [-0.15, -0.1) is 0 Å². The van der Waals surface area contributed by atoms with Gasteiger partial charge in [0.1, 0.15) is 17.1 Å². The van der Waals surface area contributed by atoms with E-state index in [-0.39, 0.29) is 5.91 Å². The topological polar surface area (TPSA) is 64.9 Å². The van der Waals surface area contributed by atoms with Crippen LogP contribution in [0.3, 0.4) is 0 Å². The number of aryl methyl sites for hydroxylation is 2. The number of nitrogens with one attached hydrogen (secondary N) is 1. The maximum atomic E-state index is 12.9. The van der Waals surface area contributed by atoms with Crippen molar-refractivity contribution >= 4 is 17.2 Å². The molecule has 3 aromatic carbocycles. The van der Waals surface area contributed by atoms with Crippen LogP contribution >= 0.6 is 0 Å². The first kappa shape index (κ1) is 25.1. The van der Waals surface area contributed by atoms with Crippen LogP contribution < -0.4 is 14.8 Å². The zero-order chi connectivity index (χ0) is 26.5. The summed E-state index contributed by atoms with van der Waals surface area (Å²) in [5, 5.41) is 3.01. The summed E-state index contributed by atoms with van der Waals surface area (Å²) in [5.41, 5.74) is 7.62. The third-order valence-corrected chi connectivity index (χ3v) is 6.46. The molecule has 0 spiro atoms. The zero-order valence-electron chi connectivity index (χ0n) is 21.9. The summed E-state index contributed by atoms with van der Waals surface area (Å²) in [6.45, 7) is 4.62. The van der Waals surface area contributed by atoms with Crippen molar-refractivity contribution in [2.75, 3.05) is 19.0 Å². The molecule has 0 fully saturated rings. The normalized spacial score (nSPS) is 10.9. The van der Waals surface area contributed by atoms with Crippen molar-refractivity contribution in [2.45, 2.75) is 26.7 Å². The van der Waals surface area contributed by atoms with E-state index in [1.807, 2.05) is 86.6 Å². The Morgan fingerprint density at radius 1 is 0.895 bits per heavy atom. The van der Waals surface area contributed by atoms with E-state index in [4.69, 9.17) is 14.5 Å². The Bertz CT molecular complexity index is 1570. The van der Waals surface area contributed by atoms with Crippen molar-refractivity contribution in [3.63, 3.8) is 0 Å². The molecule has 0 unspecified atom stereocenters. The molecule has 1 amide bonds. The molecule has 0 radical (unpaired) electrons. The van der Waals surface area contributed by atoms with Gasteiger partial charge >= 0.3 is 0 Å². The fourth-order valence-corrected chi connectivity index (χ4v) is 4.53. The summed E-state index contributed by atoms with van der Waals surface area (Å²) in [6, 6.07) is 27.8. The third-order valence-electron chi connectivity index (χ3n) is 6.46. The fraction of sp³-hybridized carbons (Fsp3) is 0.188. The van der Waals surface area contributed by atoms with Crippen molar-refractivity contribution < 1.29 is 14.3 Å². The number of imidazole rings is 1. The number of ether oxygens (including phenoxy) is 2. The molecule has 6 heteroatoms. The van der Waals surface area contributed by atoms with E-state index in [1.54, 1.807) is 7.11 Å². The van der Waals surface area contributed by atoms with Crippen molar-refractivity contribution in [1.29, 1.82) is 0 Å². The number of pyridine rings is 1. The first-order chi connectivity index (χ1) is 18.5. The first-order valence-corrected chi connectivity index (χ1v) is 12.8. The molecule has 0 saturated heterocycles. The smallest absolute Gasteiger partial charge is 0.224 e. The molecule has 2 aromatic heterocycles. The van der Waals surface area contributed by atoms with E-state index in [0.29, 0.717) is 19.4 Å². The Morgan fingerprint density at radius 3 is 2.39 bits per heavy atom. The monoisotopic (exact) mass is 505 g/mol. The second kappa shape index (κ2) is 11.2. The Labute approximate surface area is 222 Å². The van der Waals surface area contributed by atoms with Gasteiger partial charge in [-0.3, -0.25) is 4.79 Å². The van der Waals surface area contributed by atoms with Crippen LogP contribution in [0.25, 0.3) is 28.0 Å². The van der Waals surface area contributed by atoms with Gasteiger partial charge in [-0.2, -0.15) is 0 Å². The molecule has 0 saturated carbocycles. The number of aromatic nitrogens is 2. The highest BCUT2D eigenvalue weighted by molar-refractivity contribution is 5.91. The average Bonchev–Trinajstić information content (AvgIpc) is 3.31. The summed E-state index contributed by atoms with van der Waals surface area (Å²) >= 11 is 0. The van der Waals surface area contributed by atoms with Crippen LogP contribution in [0.1, 0.15) is 24.6 Å². The number of methoxy groups -OCH3 is 1. The lowest BCUT2D eigenvalue weighted by Gasteiger charge is -2.10. The molecule has 6 nitrogen and oxygen atoms in total. The van der Waals surface area contributed by atoms with Crippen LogP contribution in [0.2, 0.25) is 0 Å². The number of hydrogen-bond donors (Lipinski definition) is 1. The number of carbonyl (C=O) groups is 1. The molecule has 0 aliphatic heterocycles. The Hall–Kier alpha value is -4.58. The van der Waals surface area contributed by atoms with Gasteiger partial charge in [-0.1, -0.05) is 42.0 Å². The van der Waals surface area contributed by atoms with Crippen LogP contribution in [0.15, 0.2) is 91.1 Å². The van der Waals surface area contributed by atoms with Gasteiger partial charge in [-0.05, 0) is 79.9 Å². The number of nitrogens with zero attached hydrogens (tertiary/aromatic N) is 2. The summed E-state index contributed by atoms with van der Waals surface area (Å²) < 4.78 is 13.3.